The zero-order valence-electron chi connectivity index (χ0n) is 10.6. The smallest absolute Gasteiger partial charge is 0.131 e. The third-order valence-corrected chi connectivity index (χ3v) is 2.60. The minimum absolute atomic E-state index is 0.667. The lowest BCUT2D eigenvalue weighted by Crippen LogP contribution is -2.25. The van der Waals surface area contributed by atoms with Gasteiger partial charge in [-0.05, 0) is 25.5 Å². The first-order chi connectivity index (χ1) is 7.57. The van der Waals surface area contributed by atoms with E-state index in [-0.39, 0.29) is 0 Å². The van der Waals surface area contributed by atoms with Crippen molar-refractivity contribution in [2.75, 3.05) is 6.54 Å². The van der Waals surface area contributed by atoms with Crippen molar-refractivity contribution >= 4 is 0 Å². The van der Waals surface area contributed by atoms with E-state index in [9.17, 15) is 4.39 Å². The first kappa shape index (κ1) is 13.1. The molecular weight excluding hydrogens is 203 g/mol. The van der Waals surface area contributed by atoms with Crippen molar-refractivity contribution in [1.29, 1.82) is 0 Å². The summed E-state index contributed by atoms with van der Waals surface area (Å²) in [6.45, 7) is 8.91. The summed E-state index contributed by atoms with van der Waals surface area (Å²) >= 11 is 0. The van der Waals surface area contributed by atoms with E-state index in [1.807, 2.05) is 19.9 Å². The Morgan fingerprint density at radius 3 is 2.69 bits per heavy atom. The molecule has 1 aliphatic rings. The van der Waals surface area contributed by atoms with Crippen LogP contribution in [-0.2, 0) is 18.6 Å². The fraction of sp³-hybridized carbons (Fsp3) is 0.615. The fourth-order valence-corrected chi connectivity index (χ4v) is 1.67. The highest BCUT2D eigenvalue weighted by Crippen LogP contribution is 2.26. The summed E-state index contributed by atoms with van der Waals surface area (Å²) in [7, 11) is 0. The Bertz CT molecular complexity index is 342. The lowest BCUT2D eigenvalue weighted by Gasteiger charge is -2.20. The summed E-state index contributed by atoms with van der Waals surface area (Å²) < 4.78 is 13.6. The largest absolute Gasteiger partial charge is 0.312 e. The number of hydrogen-bond donors (Lipinski definition) is 1. The molecule has 2 rings (SSSR count). The van der Waals surface area contributed by atoms with Crippen LogP contribution >= 0.6 is 0 Å². The Labute approximate surface area is 97.3 Å². The Morgan fingerprint density at radius 2 is 2.06 bits per heavy atom. The van der Waals surface area contributed by atoms with E-state index in [4.69, 9.17) is 0 Å². The van der Waals surface area contributed by atoms with Crippen LogP contribution in [-0.4, -0.2) is 11.5 Å². The predicted octanol–water partition coefficient (Wildman–Crippen LogP) is 2.96. The first-order valence-corrected chi connectivity index (χ1v) is 5.95. The zero-order valence-corrected chi connectivity index (χ0v) is 10.6. The number of alkyl halides is 1. The molecule has 2 nitrogen and oxygen atoms in total. The maximum absolute atomic E-state index is 13.6. The second-order valence-electron chi connectivity index (χ2n) is 4.23. The summed E-state index contributed by atoms with van der Waals surface area (Å²) in [4.78, 5) is 4.31. The lowest BCUT2D eigenvalue weighted by molar-refractivity contribution is 0.220. The van der Waals surface area contributed by atoms with Gasteiger partial charge in [-0.1, -0.05) is 13.8 Å². The van der Waals surface area contributed by atoms with Gasteiger partial charge in [-0.25, -0.2) is 4.39 Å². The Balaban J connectivity index is 0.000000606. The Morgan fingerprint density at radius 1 is 1.38 bits per heavy atom. The standard InChI is InChI=1S/C11H15FN2.C2H6/c1-11(2,12)9-5-8-6-13-4-3-10(8)14-7-9;1-2/h5,7,13H,3-4,6H2,1-2H3;1-2H3. The van der Waals surface area contributed by atoms with E-state index in [0.29, 0.717) is 5.56 Å². The summed E-state index contributed by atoms with van der Waals surface area (Å²) in [6.07, 6.45) is 2.60. The minimum atomic E-state index is -1.29. The van der Waals surface area contributed by atoms with Gasteiger partial charge in [0, 0.05) is 37.0 Å². The number of nitrogens with zero attached hydrogens (tertiary/aromatic N) is 1. The molecule has 0 amide bonds. The molecule has 0 atom stereocenters. The maximum Gasteiger partial charge on any atom is 0.131 e. The topological polar surface area (TPSA) is 24.9 Å². The summed E-state index contributed by atoms with van der Waals surface area (Å²) in [5, 5.41) is 3.26. The monoisotopic (exact) mass is 224 g/mol. The molecule has 0 bridgehead atoms. The van der Waals surface area contributed by atoms with Crippen molar-refractivity contribution in [3.8, 4) is 0 Å². The molecule has 0 fully saturated rings. The van der Waals surface area contributed by atoms with Crippen LogP contribution in [0.5, 0.6) is 0 Å². The van der Waals surface area contributed by atoms with Crippen LogP contribution < -0.4 is 5.32 Å². The van der Waals surface area contributed by atoms with Gasteiger partial charge in [0.05, 0.1) is 0 Å². The molecule has 3 heteroatoms. The third-order valence-electron chi connectivity index (χ3n) is 2.60. The highest BCUT2D eigenvalue weighted by molar-refractivity contribution is 5.29. The van der Waals surface area contributed by atoms with Crippen molar-refractivity contribution in [2.45, 2.75) is 46.3 Å². The number of halogens is 1. The van der Waals surface area contributed by atoms with Gasteiger partial charge in [0.2, 0.25) is 0 Å². The lowest BCUT2D eigenvalue weighted by atomic mass is 9.97. The average Bonchev–Trinajstić information content (AvgIpc) is 2.30. The normalized spacial score (nSPS) is 14.8. The number of rotatable bonds is 1. The molecule has 0 spiro atoms. The van der Waals surface area contributed by atoms with E-state index in [0.717, 1.165) is 30.8 Å². The van der Waals surface area contributed by atoms with Crippen molar-refractivity contribution in [3.63, 3.8) is 0 Å². The second-order valence-corrected chi connectivity index (χ2v) is 4.23. The van der Waals surface area contributed by atoms with Crippen LogP contribution in [0.15, 0.2) is 12.3 Å². The number of nitrogens with one attached hydrogen (secondary N) is 1. The Hall–Kier alpha value is -0.960. The molecule has 1 aromatic rings. The average molecular weight is 224 g/mol. The Kier molecular flexibility index (Phi) is 4.42. The van der Waals surface area contributed by atoms with Crippen LogP contribution in [0.25, 0.3) is 0 Å². The van der Waals surface area contributed by atoms with Gasteiger partial charge in [0.25, 0.3) is 0 Å². The highest BCUT2D eigenvalue weighted by atomic mass is 19.1. The van der Waals surface area contributed by atoms with Crippen LogP contribution in [0, 0.1) is 0 Å². The number of hydrogen-bond acceptors (Lipinski definition) is 2. The van der Waals surface area contributed by atoms with E-state index in [1.54, 1.807) is 20.0 Å². The molecule has 2 heterocycles. The minimum Gasteiger partial charge on any atom is -0.312 e. The molecule has 0 saturated carbocycles. The van der Waals surface area contributed by atoms with Crippen LogP contribution in [0.1, 0.15) is 44.5 Å². The number of fused-ring (bicyclic) bond motifs is 1. The van der Waals surface area contributed by atoms with Gasteiger partial charge in [-0.15, -0.1) is 0 Å². The molecule has 0 saturated heterocycles. The summed E-state index contributed by atoms with van der Waals surface area (Å²) in [5.41, 5.74) is 1.62. The number of aromatic nitrogens is 1. The van der Waals surface area contributed by atoms with Gasteiger partial charge >= 0.3 is 0 Å². The molecule has 0 aliphatic carbocycles. The van der Waals surface area contributed by atoms with E-state index in [2.05, 4.69) is 10.3 Å². The SMILES string of the molecule is CC.CC(C)(F)c1cnc2c(c1)CNCC2. The van der Waals surface area contributed by atoms with Crippen LogP contribution in [0.4, 0.5) is 4.39 Å². The molecule has 16 heavy (non-hydrogen) atoms. The molecular formula is C13H21FN2. The summed E-state index contributed by atoms with van der Waals surface area (Å²) in [5.74, 6) is 0. The van der Waals surface area contributed by atoms with Crippen LogP contribution in [0.2, 0.25) is 0 Å². The van der Waals surface area contributed by atoms with Crippen molar-refractivity contribution in [3.05, 3.63) is 29.1 Å². The molecule has 1 N–H and O–H groups in total. The van der Waals surface area contributed by atoms with Gasteiger partial charge in [0.15, 0.2) is 0 Å². The maximum atomic E-state index is 13.6. The molecule has 0 unspecified atom stereocenters. The van der Waals surface area contributed by atoms with Gasteiger partial charge in [-0.2, -0.15) is 0 Å². The molecule has 0 aromatic carbocycles. The van der Waals surface area contributed by atoms with Crippen molar-refractivity contribution < 1.29 is 4.39 Å². The van der Waals surface area contributed by atoms with Crippen molar-refractivity contribution in [1.82, 2.24) is 10.3 Å². The molecule has 1 aliphatic heterocycles. The van der Waals surface area contributed by atoms with E-state index in [1.165, 1.54) is 0 Å². The number of pyridine rings is 1. The summed E-state index contributed by atoms with van der Waals surface area (Å²) in [6, 6.07) is 1.93. The van der Waals surface area contributed by atoms with Gasteiger partial charge in [0.1, 0.15) is 5.67 Å². The molecule has 90 valence electrons. The second kappa shape index (κ2) is 5.39. The zero-order chi connectivity index (χ0) is 12.2. The highest BCUT2D eigenvalue weighted by Gasteiger charge is 2.21. The van der Waals surface area contributed by atoms with E-state index >= 15 is 0 Å². The predicted molar refractivity (Wildman–Crippen MR) is 65.1 cm³/mol. The molecule has 1 aromatic heterocycles. The van der Waals surface area contributed by atoms with E-state index < -0.39 is 5.67 Å². The quantitative estimate of drug-likeness (QED) is 0.793. The first-order valence-electron chi connectivity index (χ1n) is 5.95. The fourth-order valence-electron chi connectivity index (χ4n) is 1.67. The van der Waals surface area contributed by atoms with Crippen molar-refractivity contribution in [2.24, 2.45) is 0 Å². The molecule has 0 radical (unpaired) electrons. The van der Waals surface area contributed by atoms with Crippen LogP contribution in [0.3, 0.4) is 0 Å². The third kappa shape index (κ3) is 3.01. The van der Waals surface area contributed by atoms with Gasteiger partial charge in [-0.3, -0.25) is 4.98 Å². The van der Waals surface area contributed by atoms with Gasteiger partial charge < -0.3 is 5.32 Å².